The molecule has 0 unspecified atom stereocenters. The van der Waals surface area contributed by atoms with Crippen LogP contribution in [0.4, 0.5) is 5.69 Å². The molecule has 17 heavy (non-hydrogen) atoms. The predicted molar refractivity (Wildman–Crippen MR) is 69.4 cm³/mol. The SMILES string of the molecule is CN(C)c1cccc(C(=O)NC(C)(C)CO)c1. The van der Waals surface area contributed by atoms with E-state index in [-0.39, 0.29) is 12.5 Å². The molecule has 0 fully saturated rings. The summed E-state index contributed by atoms with van der Waals surface area (Å²) in [5, 5.41) is 11.9. The summed E-state index contributed by atoms with van der Waals surface area (Å²) in [6.45, 7) is 3.47. The van der Waals surface area contributed by atoms with Gasteiger partial charge < -0.3 is 15.3 Å². The van der Waals surface area contributed by atoms with E-state index in [1.54, 1.807) is 19.9 Å². The maximum Gasteiger partial charge on any atom is 0.251 e. The van der Waals surface area contributed by atoms with Crippen molar-refractivity contribution >= 4 is 11.6 Å². The summed E-state index contributed by atoms with van der Waals surface area (Å²) in [7, 11) is 3.85. The highest BCUT2D eigenvalue weighted by Crippen LogP contribution is 2.14. The smallest absolute Gasteiger partial charge is 0.251 e. The minimum absolute atomic E-state index is 0.0912. The average Bonchev–Trinajstić information content (AvgIpc) is 2.28. The molecule has 94 valence electrons. The molecule has 0 saturated heterocycles. The van der Waals surface area contributed by atoms with Gasteiger partial charge in [-0.25, -0.2) is 0 Å². The van der Waals surface area contributed by atoms with E-state index in [1.165, 1.54) is 0 Å². The van der Waals surface area contributed by atoms with Crippen molar-refractivity contribution in [3.8, 4) is 0 Å². The van der Waals surface area contributed by atoms with Gasteiger partial charge in [0.2, 0.25) is 0 Å². The van der Waals surface area contributed by atoms with Crippen molar-refractivity contribution in [3.05, 3.63) is 29.8 Å². The number of nitrogens with one attached hydrogen (secondary N) is 1. The van der Waals surface area contributed by atoms with E-state index in [2.05, 4.69) is 5.32 Å². The molecule has 1 rings (SSSR count). The van der Waals surface area contributed by atoms with Gasteiger partial charge in [0.15, 0.2) is 0 Å². The lowest BCUT2D eigenvalue weighted by Gasteiger charge is -2.23. The third kappa shape index (κ3) is 3.75. The van der Waals surface area contributed by atoms with Crippen LogP contribution >= 0.6 is 0 Å². The summed E-state index contributed by atoms with van der Waals surface area (Å²) < 4.78 is 0. The van der Waals surface area contributed by atoms with Crippen molar-refractivity contribution in [2.45, 2.75) is 19.4 Å². The summed E-state index contributed by atoms with van der Waals surface area (Å²) >= 11 is 0. The number of hydrogen-bond donors (Lipinski definition) is 2. The van der Waals surface area contributed by atoms with E-state index in [1.807, 2.05) is 37.2 Å². The van der Waals surface area contributed by atoms with Gasteiger partial charge in [-0.05, 0) is 32.0 Å². The average molecular weight is 236 g/mol. The molecule has 4 nitrogen and oxygen atoms in total. The number of rotatable bonds is 4. The monoisotopic (exact) mass is 236 g/mol. The van der Waals surface area contributed by atoms with Crippen molar-refractivity contribution < 1.29 is 9.90 Å². The van der Waals surface area contributed by atoms with E-state index >= 15 is 0 Å². The number of carbonyl (C=O) groups is 1. The van der Waals surface area contributed by atoms with Gasteiger partial charge in [0.05, 0.1) is 12.1 Å². The summed E-state index contributed by atoms with van der Waals surface area (Å²) in [5.74, 6) is -0.173. The molecule has 0 aliphatic rings. The Morgan fingerprint density at radius 3 is 2.59 bits per heavy atom. The summed E-state index contributed by atoms with van der Waals surface area (Å²) in [5.41, 5.74) is 0.961. The van der Waals surface area contributed by atoms with E-state index in [0.717, 1.165) is 5.69 Å². The number of carbonyl (C=O) groups excluding carboxylic acids is 1. The van der Waals surface area contributed by atoms with Crippen LogP contribution in [0.1, 0.15) is 24.2 Å². The fourth-order valence-corrected chi connectivity index (χ4v) is 1.34. The first kappa shape index (κ1) is 13.5. The molecule has 1 amide bonds. The fourth-order valence-electron chi connectivity index (χ4n) is 1.34. The van der Waals surface area contributed by atoms with Crippen molar-refractivity contribution in [1.82, 2.24) is 5.32 Å². The van der Waals surface area contributed by atoms with Gasteiger partial charge in [0.1, 0.15) is 0 Å². The minimum Gasteiger partial charge on any atom is -0.394 e. The van der Waals surface area contributed by atoms with Gasteiger partial charge in [0, 0.05) is 25.3 Å². The zero-order valence-electron chi connectivity index (χ0n) is 10.8. The van der Waals surface area contributed by atoms with Gasteiger partial charge in [0.25, 0.3) is 5.91 Å². The first-order valence-electron chi connectivity index (χ1n) is 5.56. The third-order valence-corrected chi connectivity index (χ3v) is 2.47. The van der Waals surface area contributed by atoms with Crippen molar-refractivity contribution in [3.63, 3.8) is 0 Å². The minimum atomic E-state index is -0.606. The van der Waals surface area contributed by atoms with Gasteiger partial charge in [-0.3, -0.25) is 4.79 Å². The Labute approximate surface area is 102 Å². The molecule has 4 heteroatoms. The molecule has 2 N–H and O–H groups in total. The zero-order valence-corrected chi connectivity index (χ0v) is 10.8. The Hall–Kier alpha value is -1.55. The van der Waals surface area contributed by atoms with E-state index in [4.69, 9.17) is 5.11 Å². The van der Waals surface area contributed by atoms with Crippen LogP contribution in [0.15, 0.2) is 24.3 Å². The highest BCUT2D eigenvalue weighted by molar-refractivity contribution is 5.95. The lowest BCUT2D eigenvalue weighted by Crippen LogP contribution is -2.46. The summed E-state index contributed by atoms with van der Waals surface area (Å²) in [4.78, 5) is 13.9. The van der Waals surface area contributed by atoms with E-state index < -0.39 is 5.54 Å². The van der Waals surface area contributed by atoms with E-state index in [9.17, 15) is 4.79 Å². The Balaban J connectivity index is 2.86. The number of anilines is 1. The second-order valence-electron chi connectivity index (χ2n) is 4.94. The second kappa shape index (κ2) is 5.19. The number of hydrogen-bond acceptors (Lipinski definition) is 3. The largest absolute Gasteiger partial charge is 0.394 e. The van der Waals surface area contributed by atoms with Crippen LogP contribution in [-0.4, -0.2) is 37.3 Å². The van der Waals surface area contributed by atoms with Crippen molar-refractivity contribution in [2.24, 2.45) is 0 Å². The lowest BCUT2D eigenvalue weighted by molar-refractivity contribution is 0.0869. The molecule has 0 spiro atoms. The molecule has 0 saturated carbocycles. The highest BCUT2D eigenvalue weighted by Gasteiger charge is 2.20. The molecular weight excluding hydrogens is 216 g/mol. The van der Waals surface area contributed by atoms with Crippen LogP contribution in [0.2, 0.25) is 0 Å². The van der Waals surface area contributed by atoms with Crippen LogP contribution < -0.4 is 10.2 Å². The lowest BCUT2D eigenvalue weighted by atomic mass is 10.1. The molecule has 0 aliphatic carbocycles. The number of aliphatic hydroxyl groups is 1. The Kier molecular flexibility index (Phi) is 4.12. The molecule has 0 aliphatic heterocycles. The normalized spacial score (nSPS) is 11.1. The number of amides is 1. The standard InChI is InChI=1S/C13H20N2O2/c1-13(2,9-16)14-12(17)10-6-5-7-11(8-10)15(3)4/h5-8,16H,9H2,1-4H3,(H,14,17). The quantitative estimate of drug-likeness (QED) is 0.827. The fraction of sp³-hybridized carbons (Fsp3) is 0.462. The van der Waals surface area contributed by atoms with Crippen LogP contribution in [0.25, 0.3) is 0 Å². The topological polar surface area (TPSA) is 52.6 Å². The third-order valence-electron chi connectivity index (χ3n) is 2.47. The maximum atomic E-state index is 12.0. The molecule has 0 bridgehead atoms. The van der Waals surface area contributed by atoms with E-state index in [0.29, 0.717) is 5.56 Å². The van der Waals surface area contributed by atoms with Crippen LogP contribution in [0.3, 0.4) is 0 Å². The molecule has 0 heterocycles. The molecular formula is C13H20N2O2. The second-order valence-corrected chi connectivity index (χ2v) is 4.94. The van der Waals surface area contributed by atoms with Crippen molar-refractivity contribution in [2.75, 3.05) is 25.6 Å². The molecule has 0 aromatic heterocycles. The van der Waals surface area contributed by atoms with Gasteiger partial charge in [-0.1, -0.05) is 6.07 Å². The first-order valence-corrected chi connectivity index (χ1v) is 5.56. The summed E-state index contributed by atoms with van der Waals surface area (Å²) in [6.07, 6.45) is 0. The number of nitrogens with zero attached hydrogens (tertiary/aromatic N) is 1. The highest BCUT2D eigenvalue weighted by atomic mass is 16.3. The number of aliphatic hydroxyl groups excluding tert-OH is 1. The predicted octanol–water partition coefficient (Wildman–Crippen LogP) is 1.25. The molecule has 1 aromatic carbocycles. The molecule has 0 radical (unpaired) electrons. The van der Waals surface area contributed by atoms with Crippen LogP contribution in [-0.2, 0) is 0 Å². The van der Waals surface area contributed by atoms with Gasteiger partial charge in [-0.15, -0.1) is 0 Å². The van der Waals surface area contributed by atoms with Gasteiger partial charge in [-0.2, -0.15) is 0 Å². The zero-order chi connectivity index (χ0) is 13.1. The summed E-state index contributed by atoms with van der Waals surface area (Å²) in [6, 6.07) is 7.36. The Morgan fingerprint density at radius 1 is 1.41 bits per heavy atom. The Morgan fingerprint density at radius 2 is 2.06 bits per heavy atom. The van der Waals surface area contributed by atoms with Gasteiger partial charge >= 0.3 is 0 Å². The van der Waals surface area contributed by atoms with Crippen LogP contribution in [0, 0.1) is 0 Å². The molecule has 1 aromatic rings. The number of benzene rings is 1. The Bertz CT molecular complexity index is 400. The van der Waals surface area contributed by atoms with Crippen molar-refractivity contribution in [1.29, 1.82) is 0 Å². The maximum absolute atomic E-state index is 12.0. The molecule has 0 atom stereocenters. The first-order chi connectivity index (χ1) is 7.85. The van der Waals surface area contributed by atoms with Crippen LogP contribution in [0.5, 0.6) is 0 Å².